The van der Waals surface area contributed by atoms with Crippen LogP contribution < -0.4 is 0 Å². The summed E-state index contributed by atoms with van der Waals surface area (Å²) in [6.07, 6.45) is 4.94. The summed E-state index contributed by atoms with van der Waals surface area (Å²) in [5.41, 5.74) is 1.32. The summed E-state index contributed by atoms with van der Waals surface area (Å²) in [5, 5.41) is 0.268. The molecule has 94 valence electrons. The molecule has 0 aliphatic carbocycles. The van der Waals surface area contributed by atoms with Gasteiger partial charge in [-0.05, 0) is 36.2 Å². The van der Waals surface area contributed by atoms with Crippen molar-refractivity contribution in [1.82, 2.24) is 0 Å². The number of benzene rings is 1. The summed E-state index contributed by atoms with van der Waals surface area (Å²) in [6, 6.07) is 10.4. The van der Waals surface area contributed by atoms with E-state index >= 15 is 0 Å². The highest BCUT2D eigenvalue weighted by molar-refractivity contribution is 6.74. The molecule has 0 heterocycles. The van der Waals surface area contributed by atoms with Crippen LogP contribution in [0.4, 0.5) is 0 Å². The summed E-state index contributed by atoms with van der Waals surface area (Å²) in [6.45, 7) is 11.3. The number of rotatable bonds is 4. The normalized spacial score (nSPS) is 13.0. The molecule has 0 bridgehead atoms. The SMILES string of the molecule is CC(C)(C)[Si](C)(C)O/C=C/Cc1ccccc1. The van der Waals surface area contributed by atoms with Crippen molar-refractivity contribution >= 4 is 8.32 Å². The maximum Gasteiger partial charge on any atom is 0.249 e. The van der Waals surface area contributed by atoms with Crippen LogP contribution >= 0.6 is 0 Å². The van der Waals surface area contributed by atoms with Gasteiger partial charge in [-0.1, -0.05) is 51.1 Å². The Morgan fingerprint density at radius 2 is 1.71 bits per heavy atom. The van der Waals surface area contributed by atoms with Crippen LogP contribution in [0.2, 0.25) is 18.1 Å². The second-order valence-corrected chi connectivity index (χ2v) is 10.7. The first-order valence-electron chi connectivity index (χ1n) is 6.20. The van der Waals surface area contributed by atoms with Gasteiger partial charge in [0.25, 0.3) is 0 Å². The molecule has 1 aromatic rings. The van der Waals surface area contributed by atoms with Crippen LogP contribution in [0.3, 0.4) is 0 Å². The van der Waals surface area contributed by atoms with Crippen molar-refractivity contribution in [2.24, 2.45) is 0 Å². The average Bonchev–Trinajstić information content (AvgIpc) is 2.24. The number of hydrogen-bond acceptors (Lipinski definition) is 1. The summed E-state index contributed by atoms with van der Waals surface area (Å²) >= 11 is 0. The molecule has 0 saturated carbocycles. The van der Waals surface area contributed by atoms with Crippen LogP contribution in [0.5, 0.6) is 0 Å². The van der Waals surface area contributed by atoms with E-state index in [2.05, 4.69) is 64.2 Å². The Balaban J connectivity index is 2.47. The molecule has 0 aliphatic heterocycles. The van der Waals surface area contributed by atoms with Crippen LogP contribution in [0.1, 0.15) is 26.3 Å². The first-order chi connectivity index (χ1) is 7.83. The van der Waals surface area contributed by atoms with E-state index in [9.17, 15) is 0 Å². The van der Waals surface area contributed by atoms with E-state index < -0.39 is 8.32 Å². The molecule has 0 spiro atoms. The van der Waals surface area contributed by atoms with E-state index in [-0.39, 0.29) is 5.04 Å². The molecule has 1 rings (SSSR count). The fraction of sp³-hybridized carbons (Fsp3) is 0.467. The molecular weight excluding hydrogens is 224 g/mol. The molecule has 17 heavy (non-hydrogen) atoms. The molecule has 0 aliphatic rings. The molecule has 0 saturated heterocycles. The van der Waals surface area contributed by atoms with E-state index in [1.807, 2.05) is 12.3 Å². The summed E-state index contributed by atoms with van der Waals surface area (Å²) in [7, 11) is -1.63. The second-order valence-electron chi connectivity index (χ2n) is 5.94. The van der Waals surface area contributed by atoms with Crippen molar-refractivity contribution < 1.29 is 4.43 Å². The highest BCUT2D eigenvalue weighted by Crippen LogP contribution is 2.36. The third-order valence-corrected chi connectivity index (χ3v) is 7.80. The predicted octanol–water partition coefficient (Wildman–Crippen LogP) is 4.76. The van der Waals surface area contributed by atoms with Crippen molar-refractivity contribution in [3.63, 3.8) is 0 Å². The molecule has 0 radical (unpaired) electrons. The zero-order valence-electron chi connectivity index (χ0n) is 11.7. The lowest BCUT2D eigenvalue weighted by Gasteiger charge is -2.34. The van der Waals surface area contributed by atoms with Crippen LogP contribution in [-0.4, -0.2) is 8.32 Å². The third kappa shape index (κ3) is 4.39. The second kappa shape index (κ2) is 5.54. The zero-order chi connectivity index (χ0) is 12.9. The number of allylic oxidation sites excluding steroid dienone is 1. The van der Waals surface area contributed by atoms with Gasteiger partial charge in [0.2, 0.25) is 8.32 Å². The lowest BCUT2D eigenvalue weighted by Crippen LogP contribution is -2.39. The van der Waals surface area contributed by atoms with Gasteiger partial charge in [-0.15, -0.1) is 0 Å². The van der Waals surface area contributed by atoms with Gasteiger partial charge in [0, 0.05) is 0 Å². The smallest absolute Gasteiger partial charge is 0.249 e. The van der Waals surface area contributed by atoms with E-state index in [4.69, 9.17) is 4.43 Å². The fourth-order valence-corrected chi connectivity index (χ4v) is 1.98. The van der Waals surface area contributed by atoms with Gasteiger partial charge < -0.3 is 4.43 Å². The minimum absolute atomic E-state index is 0.268. The quantitative estimate of drug-likeness (QED) is 0.551. The van der Waals surface area contributed by atoms with Gasteiger partial charge >= 0.3 is 0 Å². The summed E-state index contributed by atoms with van der Waals surface area (Å²) in [4.78, 5) is 0. The van der Waals surface area contributed by atoms with Crippen molar-refractivity contribution in [2.45, 2.75) is 45.3 Å². The van der Waals surface area contributed by atoms with E-state index in [1.54, 1.807) is 0 Å². The standard InChI is InChI=1S/C15H24OSi/c1-15(2,3)17(4,5)16-13-9-12-14-10-7-6-8-11-14/h6-11,13H,12H2,1-5H3/b13-9+. The van der Waals surface area contributed by atoms with Gasteiger partial charge in [-0.3, -0.25) is 0 Å². The summed E-state index contributed by atoms with van der Waals surface area (Å²) < 4.78 is 5.97. The highest BCUT2D eigenvalue weighted by atomic mass is 28.4. The Morgan fingerprint density at radius 1 is 1.12 bits per heavy atom. The lowest BCUT2D eigenvalue weighted by atomic mass is 10.2. The first kappa shape index (κ1) is 14.0. The fourth-order valence-electron chi connectivity index (χ4n) is 1.19. The van der Waals surface area contributed by atoms with Gasteiger partial charge in [0.05, 0.1) is 6.26 Å². The maximum atomic E-state index is 5.97. The monoisotopic (exact) mass is 248 g/mol. The first-order valence-corrected chi connectivity index (χ1v) is 9.10. The number of hydrogen-bond donors (Lipinski definition) is 0. The highest BCUT2D eigenvalue weighted by Gasteiger charge is 2.37. The Bertz CT molecular complexity index is 360. The minimum Gasteiger partial charge on any atom is -0.549 e. The third-order valence-electron chi connectivity index (χ3n) is 3.46. The maximum absolute atomic E-state index is 5.97. The molecule has 0 atom stereocenters. The molecule has 0 amide bonds. The van der Waals surface area contributed by atoms with Crippen molar-refractivity contribution in [2.75, 3.05) is 0 Å². The Hall–Kier alpha value is -1.02. The Kier molecular flexibility index (Phi) is 4.58. The van der Waals surface area contributed by atoms with Gasteiger partial charge in [-0.25, -0.2) is 0 Å². The molecular formula is C15H24OSi. The predicted molar refractivity (Wildman–Crippen MR) is 77.6 cm³/mol. The van der Waals surface area contributed by atoms with E-state index in [0.29, 0.717) is 0 Å². The van der Waals surface area contributed by atoms with Crippen molar-refractivity contribution in [3.8, 4) is 0 Å². The lowest BCUT2D eigenvalue weighted by molar-refractivity contribution is 0.429. The molecule has 0 fully saturated rings. The Morgan fingerprint density at radius 3 is 2.24 bits per heavy atom. The zero-order valence-corrected chi connectivity index (χ0v) is 12.7. The van der Waals surface area contributed by atoms with E-state index in [1.165, 1.54) is 5.56 Å². The topological polar surface area (TPSA) is 9.23 Å². The van der Waals surface area contributed by atoms with Crippen molar-refractivity contribution in [3.05, 3.63) is 48.2 Å². The molecule has 0 aromatic heterocycles. The minimum atomic E-state index is -1.63. The molecule has 0 N–H and O–H groups in total. The van der Waals surface area contributed by atoms with Gasteiger partial charge in [0.1, 0.15) is 0 Å². The average molecular weight is 248 g/mol. The van der Waals surface area contributed by atoms with Crippen LogP contribution in [-0.2, 0) is 10.8 Å². The van der Waals surface area contributed by atoms with E-state index in [0.717, 1.165) is 6.42 Å². The largest absolute Gasteiger partial charge is 0.549 e. The summed E-state index contributed by atoms with van der Waals surface area (Å²) in [5.74, 6) is 0. The molecule has 1 nitrogen and oxygen atoms in total. The van der Waals surface area contributed by atoms with Gasteiger partial charge in [-0.2, -0.15) is 0 Å². The molecule has 0 unspecified atom stereocenters. The van der Waals surface area contributed by atoms with Crippen LogP contribution in [0.15, 0.2) is 42.7 Å². The van der Waals surface area contributed by atoms with Gasteiger partial charge in [0.15, 0.2) is 0 Å². The van der Waals surface area contributed by atoms with Crippen LogP contribution in [0, 0.1) is 0 Å². The van der Waals surface area contributed by atoms with Crippen molar-refractivity contribution in [1.29, 1.82) is 0 Å². The molecule has 1 aromatic carbocycles. The Labute approximate surface area is 107 Å². The molecule has 2 heteroatoms. The van der Waals surface area contributed by atoms with Crippen LogP contribution in [0.25, 0.3) is 0 Å².